The van der Waals surface area contributed by atoms with Crippen molar-refractivity contribution in [1.29, 1.82) is 0 Å². The predicted molar refractivity (Wildman–Crippen MR) is 99.5 cm³/mol. The van der Waals surface area contributed by atoms with Gasteiger partial charge in [0.1, 0.15) is 5.75 Å². The Morgan fingerprint density at radius 3 is 2.43 bits per heavy atom. The molecule has 0 aliphatic carbocycles. The lowest BCUT2D eigenvalue weighted by Crippen LogP contribution is -2.05. The molecule has 2 rings (SSSR count). The molecule has 2 heteroatoms. The van der Waals surface area contributed by atoms with E-state index in [4.69, 9.17) is 4.74 Å². The molecule has 0 saturated carbocycles. The highest BCUT2D eigenvalue weighted by molar-refractivity contribution is 5.46. The molecule has 2 aromatic rings. The molecular weight excluding hydrogens is 282 g/mol. The molecule has 0 amide bonds. The Morgan fingerprint density at radius 2 is 1.70 bits per heavy atom. The van der Waals surface area contributed by atoms with Crippen molar-refractivity contribution in [3.05, 3.63) is 59.7 Å². The molecule has 0 radical (unpaired) electrons. The third-order valence-electron chi connectivity index (χ3n) is 4.11. The fourth-order valence-electron chi connectivity index (χ4n) is 2.62. The maximum Gasteiger partial charge on any atom is 0.119 e. The molecule has 124 valence electrons. The maximum atomic E-state index is 5.77. The summed E-state index contributed by atoms with van der Waals surface area (Å²) in [6, 6.07) is 16.9. The Labute approximate surface area is 140 Å². The molecule has 0 atom stereocenters. The summed E-state index contributed by atoms with van der Waals surface area (Å²) in [6.45, 7) is 6.16. The average molecular weight is 311 g/mol. The standard InChI is InChI=1S/C21H29NO/c1-3-4-5-8-17-23-21-13-11-20(12-14-21)22-16-15-19-10-7-6-9-18(19)2/h6-7,9-14,22H,3-5,8,15-17H2,1-2H3. The van der Waals surface area contributed by atoms with E-state index in [9.17, 15) is 0 Å². The lowest BCUT2D eigenvalue weighted by molar-refractivity contribution is 0.305. The van der Waals surface area contributed by atoms with Gasteiger partial charge < -0.3 is 10.1 Å². The van der Waals surface area contributed by atoms with Crippen molar-refractivity contribution in [2.75, 3.05) is 18.5 Å². The molecule has 0 aliphatic rings. The lowest BCUT2D eigenvalue weighted by atomic mass is 10.1. The number of ether oxygens (including phenoxy) is 1. The van der Waals surface area contributed by atoms with Gasteiger partial charge in [-0.3, -0.25) is 0 Å². The van der Waals surface area contributed by atoms with Crippen molar-refractivity contribution in [2.24, 2.45) is 0 Å². The van der Waals surface area contributed by atoms with Gasteiger partial charge in [0.2, 0.25) is 0 Å². The van der Waals surface area contributed by atoms with Gasteiger partial charge in [0.15, 0.2) is 0 Å². The minimum absolute atomic E-state index is 0.820. The van der Waals surface area contributed by atoms with E-state index in [1.807, 2.05) is 0 Å². The van der Waals surface area contributed by atoms with Crippen molar-refractivity contribution in [2.45, 2.75) is 46.0 Å². The van der Waals surface area contributed by atoms with Crippen LogP contribution in [0.3, 0.4) is 0 Å². The minimum Gasteiger partial charge on any atom is -0.494 e. The van der Waals surface area contributed by atoms with E-state index in [1.54, 1.807) is 0 Å². The van der Waals surface area contributed by atoms with Crippen LogP contribution in [0.25, 0.3) is 0 Å². The van der Waals surface area contributed by atoms with Gasteiger partial charge in [-0.05, 0) is 55.2 Å². The van der Waals surface area contributed by atoms with Gasteiger partial charge in [-0.25, -0.2) is 0 Å². The van der Waals surface area contributed by atoms with Crippen LogP contribution in [0.15, 0.2) is 48.5 Å². The van der Waals surface area contributed by atoms with E-state index in [-0.39, 0.29) is 0 Å². The van der Waals surface area contributed by atoms with Crippen LogP contribution in [-0.2, 0) is 6.42 Å². The third kappa shape index (κ3) is 6.35. The normalized spacial score (nSPS) is 10.5. The molecule has 0 unspecified atom stereocenters. The van der Waals surface area contributed by atoms with Crippen molar-refractivity contribution >= 4 is 5.69 Å². The van der Waals surface area contributed by atoms with Crippen LogP contribution < -0.4 is 10.1 Å². The van der Waals surface area contributed by atoms with Gasteiger partial charge in [0, 0.05) is 12.2 Å². The Morgan fingerprint density at radius 1 is 0.913 bits per heavy atom. The van der Waals surface area contributed by atoms with Gasteiger partial charge in [-0.15, -0.1) is 0 Å². The number of hydrogen-bond acceptors (Lipinski definition) is 2. The zero-order valence-electron chi connectivity index (χ0n) is 14.5. The molecule has 2 nitrogen and oxygen atoms in total. The summed E-state index contributed by atoms with van der Waals surface area (Å²) in [7, 11) is 0. The SMILES string of the molecule is CCCCCCOc1ccc(NCCc2ccccc2C)cc1. The van der Waals surface area contributed by atoms with Crippen LogP contribution in [0.1, 0.15) is 43.7 Å². The van der Waals surface area contributed by atoms with Crippen LogP contribution in [0.4, 0.5) is 5.69 Å². The van der Waals surface area contributed by atoms with Gasteiger partial charge in [-0.1, -0.05) is 50.5 Å². The molecule has 0 heterocycles. The zero-order chi connectivity index (χ0) is 16.3. The first-order valence-corrected chi connectivity index (χ1v) is 8.81. The van der Waals surface area contributed by atoms with E-state index in [1.165, 1.54) is 30.4 Å². The second kappa shape index (κ2) is 9.94. The number of anilines is 1. The average Bonchev–Trinajstić information content (AvgIpc) is 2.58. The molecule has 0 spiro atoms. The highest BCUT2D eigenvalue weighted by atomic mass is 16.5. The van der Waals surface area contributed by atoms with Crippen molar-refractivity contribution in [3.63, 3.8) is 0 Å². The molecule has 0 fully saturated rings. The van der Waals surface area contributed by atoms with E-state index < -0.39 is 0 Å². The summed E-state index contributed by atoms with van der Waals surface area (Å²) in [5, 5.41) is 3.48. The number of benzene rings is 2. The maximum absolute atomic E-state index is 5.77. The van der Waals surface area contributed by atoms with E-state index in [0.29, 0.717) is 0 Å². The second-order valence-electron chi connectivity index (χ2n) is 6.04. The highest BCUT2D eigenvalue weighted by Crippen LogP contribution is 2.16. The van der Waals surface area contributed by atoms with E-state index in [2.05, 4.69) is 67.7 Å². The summed E-state index contributed by atoms with van der Waals surface area (Å²) in [6.07, 6.45) is 6.01. The first-order valence-electron chi connectivity index (χ1n) is 8.81. The van der Waals surface area contributed by atoms with Crippen molar-refractivity contribution < 1.29 is 4.74 Å². The van der Waals surface area contributed by atoms with Crippen LogP contribution in [0.5, 0.6) is 5.75 Å². The Hall–Kier alpha value is -1.96. The first-order chi connectivity index (χ1) is 11.3. The van der Waals surface area contributed by atoms with Crippen LogP contribution >= 0.6 is 0 Å². The molecule has 0 aromatic heterocycles. The number of aryl methyl sites for hydroxylation is 1. The number of nitrogens with one attached hydrogen (secondary N) is 1. The Balaban J connectivity index is 1.69. The fourth-order valence-corrected chi connectivity index (χ4v) is 2.62. The van der Waals surface area contributed by atoms with E-state index >= 15 is 0 Å². The predicted octanol–water partition coefficient (Wildman–Crippen LogP) is 5.61. The summed E-state index contributed by atoms with van der Waals surface area (Å²) < 4.78 is 5.77. The topological polar surface area (TPSA) is 21.3 Å². The van der Waals surface area contributed by atoms with Gasteiger partial charge in [0.05, 0.1) is 6.61 Å². The fraction of sp³-hybridized carbons (Fsp3) is 0.429. The number of unbranched alkanes of at least 4 members (excludes halogenated alkanes) is 3. The van der Waals surface area contributed by atoms with Crippen LogP contribution in [0.2, 0.25) is 0 Å². The quantitative estimate of drug-likeness (QED) is 0.576. The smallest absolute Gasteiger partial charge is 0.119 e. The van der Waals surface area contributed by atoms with Crippen molar-refractivity contribution in [1.82, 2.24) is 0 Å². The highest BCUT2D eigenvalue weighted by Gasteiger charge is 1.98. The molecule has 23 heavy (non-hydrogen) atoms. The van der Waals surface area contributed by atoms with Gasteiger partial charge in [0.25, 0.3) is 0 Å². The minimum atomic E-state index is 0.820. The Kier molecular flexibility index (Phi) is 7.51. The van der Waals surface area contributed by atoms with E-state index in [0.717, 1.165) is 37.4 Å². The lowest BCUT2D eigenvalue weighted by Gasteiger charge is -2.10. The summed E-state index contributed by atoms with van der Waals surface area (Å²) in [5.41, 5.74) is 3.92. The summed E-state index contributed by atoms with van der Waals surface area (Å²) in [4.78, 5) is 0. The van der Waals surface area contributed by atoms with Gasteiger partial charge in [-0.2, -0.15) is 0 Å². The Bertz CT molecular complexity index is 562. The molecule has 0 saturated heterocycles. The molecule has 0 aliphatic heterocycles. The van der Waals surface area contributed by atoms with Gasteiger partial charge >= 0.3 is 0 Å². The summed E-state index contributed by atoms with van der Waals surface area (Å²) in [5.74, 6) is 0.964. The molecule has 0 bridgehead atoms. The number of rotatable bonds is 10. The van der Waals surface area contributed by atoms with Crippen molar-refractivity contribution in [3.8, 4) is 5.75 Å². The summed E-state index contributed by atoms with van der Waals surface area (Å²) >= 11 is 0. The second-order valence-corrected chi connectivity index (χ2v) is 6.04. The largest absolute Gasteiger partial charge is 0.494 e. The molecule has 2 aromatic carbocycles. The first kappa shape index (κ1) is 17.4. The monoisotopic (exact) mass is 311 g/mol. The number of hydrogen-bond donors (Lipinski definition) is 1. The molecular formula is C21H29NO. The zero-order valence-corrected chi connectivity index (χ0v) is 14.5. The third-order valence-corrected chi connectivity index (χ3v) is 4.11. The van der Waals surface area contributed by atoms with Crippen LogP contribution in [0, 0.1) is 6.92 Å². The molecule has 1 N–H and O–H groups in total. The van der Waals surface area contributed by atoms with Crippen LogP contribution in [-0.4, -0.2) is 13.2 Å².